The molecule has 27 heavy (non-hydrogen) atoms. The predicted molar refractivity (Wildman–Crippen MR) is 106 cm³/mol. The van der Waals surface area contributed by atoms with Gasteiger partial charge >= 0.3 is 6.09 Å². The standard InChI is InChI=1S/C21H26ClNO4/c1-15(2)23(21(25)27-13-17-7-5-4-6-8-17)12-18(24)14-26-20-11-16(3)9-10-19(20)22/h4-11,15,18,24H,12-14H2,1-3H3. The monoisotopic (exact) mass is 391 g/mol. The van der Waals surface area contributed by atoms with Crippen LogP contribution in [-0.4, -0.2) is 41.4 Å². The van der Waals surface area contributed by atoms with Gasteiger partial charge in [0.25, 0.3) is 0 Å². The predicted octanol–water partition coefficient (Wildman–Crippen LogP) is 4.44. The molecule has 0 aliphatic carbocycles. The number of carbonyl (C=O) groups is 1. The molecule has 2 aromatic carbocycles. The van der Waals surface area contributed by atoms with Gasteiger partial charge in [-0.15, -0.1) is 0 Å². The third-order valence-corrected chi connectivity index (χ3v) is 4.30. The molecular weight excluding hydrogens is 366 g/mol. The molecule has 0 saturated heterocycles. The van der Waals surface area contributed by atoms with Crippen LogP contribution < -0.4 is 4.74 Å². The Labute approximate surface area is 165 Å². The van der Waals surface area contributed by atoms with Crippen LogP contribution in [0.1, 0.15) is 25.0 Å². The van der Waals surface area contributed by atoms with Crippen LogP contribution in [0.3, 0.4) is 0 Å². The molecule has 0 aromatic heterocycles. The minimum Gasteiger partial charge on any atom is -0.489 e. The SMILES string of the molecule is Cc1ccc(Cl)c(OCC(O)CN(C(=O)OCc2ccccc2)C(C)C)c1. The number of nitrogens with zero attached hydrogens (tertiary/aromatic N) is 1. The number of aliphatic hydroxyl groups excluding tert-OH is 1. The third kappa shape index (κ3) is 6.77. The lowest BCUT2D eigenvalue weighted by Crippen LogP contribution is -2.43. The number of rotatable bonds is 8. The normalized spacial score (nSPS) is 11.9. The van der Waals surface area contributed by atoms with Gasteiger partial charge in [-0.2, -0.15) is 0 Å². The molecule has 0 radical (unpaired) electrons. The fraction of sp³-hybridized carbons (Fsp3) is 0.381. The van der Waals surface area contributed by atoms with Crippen LogP contribution in [0.2, 0.25) is 5.02 Å². The topological polar surface area (TPSA) is 59.0 Å². The summed E-state index contributed by atoms with van der Waals surface area (Å²) in [5.74, 6) is 0.512. The molecule has 5 nitrogen and oxygen atoms in total. The minimum atomic E-state index is -0.867. The average molecular weight is 392 g/mol. The number of hydrogen-bond acceptors (Lipinski definition) is 4. The molecule has 146 valence electrons. The molecule has 6 heteroatoms. The van der Waals surface area contributed by atoms with Gasteiger partial charge in [0.05, 0.1) is 11.6 Å². The molecule has 1 amide bonds. The van der Waals surface area contributed by atoms with Crippen molar-refractivity contribution >= 4 is 17.7 Å². The summed E-state index contributed by atoms with van der Waals surface area (Å²) in [5, 5.41) is 10.8. The van der Waals surface area contributed by atoms with E-state index in [1.165, 1.54) is 4.90 Å². The van der Waals surface area contributed by atoms with Crippen LogP contribution in [0.5, 0.6) is 5.75 Å². The van der Waals surface area contributed by atoms with Crippen molar-refractivity contribution in [2.45, 2.75) is 39.5 Å². The number of aryl methyl sites for hydroxylation is 1. The number of halogens is 1. The summed E-state index contributed by atoms with van der Waals surface area (Å²) >= 11 is 6.09. The molecule has 0 heterocycles. The van der Waals surface area contributed by atoms with E-state index in [2.05, 4.69) is 0 Å². The smallest absolute Gasteiger partial charge is 0.410 e. The maximum Gasteiger partial charge on any atom is 0.410 e. The summed E-state index contributed by atoms with van der Waals surface area (Å²) in [6.07, 6.45) is -1.34. The minimum absolute atomic E-state index is 0.0261. The zero-order valence-electron chi connectivity index (χ0n) is 15.9. The van der Waals surface area contributed by atoms with E-state index in [1.54, 1.807) is 6.07 Å². The first kappa shape index (κ1) is 21.1. The van der Waals surface area contributed by atoms with Crippen LogP contribution in [0.15, 0.2) is 48.5 Å². The molecule has 0 fully saturated rings. The molecular formula is C21H26ClNO4. The average Bonchev–Trinajstić information content (AvgIpc) is 2.65. The molecule has 0 spiro atoms. The first-order valence-electron chi connectivity index (χ1n) is 8.91. The Hall–Kier alpha value is -2.24. The van der Waals surface area contributed by atoms with E-state index in [1.807, 2.05) is 63.2 Å². The lowest BCUT2D eigenvalue weighted by Gasteiger charge is -2.28. The van der Waals surface area contributed by atoms with Gasteiger partial charge in [-0.05, 0) is 44.0 Å². The summed E-state index contributed by atoms with van der Waals surface area (Å²) < 4.78 is 11.0. The summed E-state index contributed by atoms with van der Waals surface area (Å²) in [6.45, 7) is 5.99. The fourth-order valence-electron chi connectivity index (χ4n) is 2.49. The van der Waals surface area contributed by atoms with Crippen molar-refractivity contribution in [1.82, 2.24) is 4.90 Å². The van der Waals surface area contributed by atoms with Gasteiger partial charge in [0.2, 0.25) is 0 Å². The van der Waals surface area contributed by atoms with Gasteiger partial charge in [-0.3, -0.25) is 0 Å². The van der Waals surface area contributed by atoms with E-state index in [4.69, 9.17) is 21.1 Å². The number of hydrogen-bond donors (Lipinski definition) is 1. The number of aliphatic hydroxyl groups is 1. The molecule has 2 aromatic rings. The second-order valence-corrected chi connectivity index (χ2v) is 7.09. The third-order valence-electron chi connectivity index (χ3n) is 3.99. The Balaban J connectivity index is 1.88. The van der Waals surface area contributed by atoms with Gasteiger partial charge in [0.15, 0.2) is 0 Å². The first-order chi connectivity index (χ1) is 12.9. The molecule has 1 N–H and O–H groups in total. The number of ether oxygens (including phenoxy) is 2. The van der Waals surface area contributed by atoms with E-state index in [-0.39, 0.29) is 25.8 Å². The van der Waals surface area contributed by atoms with Crippen LogP contribution >= 0.6 is 11.6 Å². The second kappa shape index (κ2) is 10.2. The number of benzene rings is 2. The molecule has 1 atom stereocenters. The first-order valence-corrected chi connectivity index (χ1v) is 9.29. The second-order valence-electron chi connectivity index (χ2n) is 6.68. The Bertz CT molecular complexity index is 736. The summed E-state index contributed by atoms with van der Waals surface area (Å²) in [6, 6.07) is 14.8. The highest BCUT2D eigenvalue weighted by molar-refractivity contribution is 6.32. The van der Waals surface area contributed by atoms with Crippen LogP contribution in [-0.2, 0) is 11.3 Å². The van der Waals surface area contributed by atoms with Crippen molar-refractivity contribution in [3.63, 3.8) is 0 Å². The zero-order valence-corrected chi connectivity index (χ0v) is 16.6. The maximum atomic E-state index is 12.4. The van der Waals surface area contributed by atoms with Crippen molar-refractivity contribution in [1.29, 1.82) is 0 Å². The quantitative estimate of drug-likeness (QED) is 0.722. The van der Waals surface area contributed by atoms with Gasteiger partial charge in [-0.25, -0.2) is 4.79 Å². The van der Waals surface area contributed by atoms with Crippen molar-refractivity contribution < 1.29 is 19.4 Å². The van der Waals surface area contributed by atoms with Gasteiger partial charge in [0, 0.05) is 6.04 Å². The Morgan fingerprint density at radius 3 is 2.56 bits per heavy atom. The zero-order chi connectivity index (χ0) is 19.8. The highest BCUT2D eigenvalue weighted by Gasteiger charge is 2.22. The van der Waals surface area contributed by atoms with Crippen molar-refractivity contribution in [3.8, 4) is 5.75 Å². The maximum absolute atomic E-state index is 12.4. The van der Waals surface area contributed by atoms with E-state index in [9.17, 15) is 9.90 Å². The van der Waals surface area contributed by atoms with Crippen molar-refractivity contribution in [2.75, 3.05) is 13.2 Å². The summed E-state index contributed by atoms with van der Waals surface area (Å²) in [4.78, 5) is 13.9. The van der Waals surface area contributed by atoms with Crippen molar-refractivity contribution in [3.05, 3.63) is 64.7 Å². The lowest BCUT2D eigenvalue weighted by atomic mass is 10.2. The molecule has 0 aliphatic rings. The van der Waals surface area contributed by atoms with E-state index in [0.717, 1.165) is 11.1 Å². The van der Waals surface area contributed by atoms with Crippen LogP contribution in [0.4, 0.5) is 4.79 Å². The lowest BCUT2D eigenvalue weighted by molar-refractivity contribution is 0.0401. The largest absolute Gasteiger partial charge is 0.489 e. The van der Waals surface area contributed by atoms with Crippen LogP contribution in [0.25, 0.3) is 0 Å². The number of carbonyl (C=O) groups excluding carboxylic acids is 1. The van der Waals surface area contributed by atoms with Gasteiger partial charge in [0.1, 0.15) is 25.1 Å². The molecule has 1 unspecified atom stereocenters. The highest BCUT2D eigenvalue weighted by Crippen LogP contribution is 2.25. The Morgan fingerprint density at radius 2 is 1.89 bits per heavy atom. The van der Waals surface area contributed by atoms with E-state index >= 15 is 0 Å². The van der Waals surface area contributed by atoms with E-state index < -0.39 is 12.2 Å². The highest BCUT2D eigenvalue weighted by atomic mass is 35.5. The van der Waals surface area contributed by atoms with E-state index in [0.29, 0.717) is 10.8 Å². The molecule has 0 bridgehead atoms. The summed E-state index contributed by atoms with van der Waals surface area (Å²) in [5.41, 5.74) is 1.92. The fourth-order valence-corrected chi connectivity index (χ4v) is 2.66. The molecule has 0 aliphatic heterocycles. The molecule has 0 saturated carbocycles. The van der Waals surface area contributed by atoms with Gasteiger partial charge in [-0.1, -0.05) is 48.0 Å². The van der Waals surface area contributed by atoms with Crippen LogP contribution in [0, 0.1) is 6.92 Å². The Morgan fingerprint density at radius 1 is 1.19 bits per heavy atom. The van der Waals surface area contributed by atoms with Gasteiger partial charge < -0.3 is 19.5 Å². The molecule has 2 rings (SSSR count). The Kier molecular flexibility index (Phi) is 7.95. The number of amides is 1. The summed E-state index contributed by atoms with van der Waals surface area (Å²) in [7, 11) is 0. The van der Waals surface area contributed by atoms with Crippen molar-refractivity contribution in [2.24, 2.45) is 0 Å².